The summed E-state index contributed by atoms with van der Waals surface area (Å²) in [5.74, 6) is 0.121. The molecule has 0 bridgehead atoms. The molecule has 1 atom stereocenters. The van der Waals surface area contributed by atoms with Gasteiger partial charge in [-0.2, -0.15) is 0 Å². The maximum absolute atomic E-state index is 13.1. The fourth-order valence-corrected chi connectivity index (χ4v) is 4.03. The van der Waals surface area contributed by atoms with E-state index >= 15 is 0 Å². The number of para-hydroxylation sites is 1. The molecule has 116 valence electrons. The summed E-state index contributed by atoms with van der Waals surface area (Å²) < 4.78 is 2.87. The molecule has 1 aliphatic rings. The van der Waals surface area contributed by atoms with E-state index in [1.54, 1.807) is 4.57 Å². The van der Waals surface area contributed by atoms with Crippen LogP contribution >= 0.6 is 15.9 Å². The smallest absolute Gasteiger partial charge is 0.235 e. The van der Waals surface area contributed by atoms with Crippen molar-refractivity contribution in [1.82, 2.24) is 4.57 Å². The maximum Gasteiger partial charge on any atom is 0.235 e. The van der Waals surface area contributed by atoms with Crippen molar-refractivity contribution >= 4 is 38.4 Å². The number of nitrogens with zero attached hydrogens (tertiary/aromatic N) is 1. The molecule has 2 N–H and O–H groups in total. The Bertz CT molecular complexity index is 942. The number of halogens is 1. The Labute approximate surface area is 143 Å². The van der Waals surface area contributed by atoms with Gasteiger partial charge in [-0.1, -0.05) is 40.2 Å². The number of aromatic nitrogens is 1. The monoisotopic (exact) mass is 368 g/mol. The molecule has 3 aromatic rings. The minimum atomic E-state index is -0.0202. The van der Waals surface area contributed by atoms with E-state index < -0.39 is 0 Å². The molecule has 4 heteroatoms. The van der Waals surface area contributed by atoms with Crippen LogP contribution in [0.15, 0.2) is 46.9 Å². The summed E-state index contributed by atoms with van der Waals surface area (Å²) in [6.45, 7) is 1.92. The van der Waals surface area contributed by atoms with Crippen LogP contribution < -0.4 is 5.73 Å². The minimum Gasteiger partial charge on any atom is -0.397 e. The summed E-state index contributed by atoms with van der Waals surface area (Å²) in [6, 6.07) is 14.1. The number of nitrogens with two attached hydrogens (primary N) is 1. The highest BCUT2D eigenvalue weighted by atomic mass is 79.9. The van der Waals surface area contributed by atoms with Gasteiger partial charge in [-0.15, -0.1) is 0 Å². The van der Waals surface area contributed by atoms with Gasteiger partial charge < -0.3 is 5.73 Å². The molecule has 3 nitrogen and oxygen atoms in total. The Morgan fingerprint density at radius 2 is 1.91 bits per heavy atom. The minimum absolute atomic E-state index is 0.0202. The van der Waals surface area contributed by atoms with Crippen LogP contribution in [0.3, 0.4) is 0 Å². The molecule has 1 unspecified atom stereocenters. The van der Waals surface area contributed by atoms with E-state index in [0.29, 0.717) is 5.69 Å². The number of anilines is 1. The third kappa shape index (κ3) is 2.20. The highest BCUT2D eigenvalue weighted by Gasteiger charge is 2.30. The molecule has 2 aromatic carbocycles. The third-order valence-corrected chi connectivity index (χ3v) is 5.32. The zero-order chi connectivity index (χ0) is 16.1. The molecule has 4 rings (SSSR count). The molecule has 0 saturated heterocycles. The first-order valence-electron chi connectivity index (χ1n) is 7.73. The van der Waals surface area contributed by atoms with Crippen LogP contribution in [0.25, 0.3) is 10.9 Å². The van der Waals surface area contributed by atoms with Crippen molar-refractivity contribution in [3.63, 3.8) is 0 Å². The molecular weight excluding hydrogens is 352 g/mol. The van der Waals surface area contributed by atoms with E-state index in [4.69, 9.17) is 5.73 Å². The fraction of sp³-hybridized carbons (Fsp3) is 0.211. The summed E-state index contributed by atoms with van der Waals surface area (Å²) in [4.78, 5) is 13.1. The maximum atomic E-state index is 13.1. The molecule has 23 heavy (non-hydrogen) atoms. The fourth-order valence-electron chi connectivity index (χ4n) is 3.62. The summed E-state index contributed by atoms with van der Waals surface area (Å²) in [6.07, 6.45) is 1.59. The van der Waals surface area contributed by atoms with E-state index in [0.717, 1.165) is 33.9 Å². The van der Waals surface area contributed by atoms with Crippen LogP contribution in [0.2, 0.25) is 0 Å². The predicted octanol–water partition coefficient (Wildman–Crippen LogP) is 4.35. The number of hydrogen-bond acceptors (Lipinski definition) is 2. The quantitative estimate of drug-likeness (QED) is 0.693. The lowest BCUT2D eigenvalue weighted by atomic mass is 10.1. The first-order valence-corrected chi connectivity index (χ1v) is 8.52. The lowest BCUT2D eigenvalue weighted by molar-refractivity contribution is 0.0843. The van der Waals surface area contributed by atoms with Gasteiger partial charge in [-0.25, -0.2) is 0 Å². The molecular formula is C19H17BrN2O. The highest BCUT2D eigenvalue weighted by Crippen LogP contribution is 2.33. The van der Waals surface area contributed by atoms with E-state index in [9.17, 15) is 4.79 Å². The lowest BCUT2D eigenvalue weighted by Gasteiger charge is -2.12. The van der Waals surface area contributed by atoms with Gasteiger partial charge >= 0.3 is 0 Å². The third-order valence-electron chi connectivity index (χ3n) is 4.83. The largest absolute Gasteiger partial charge is 0.397 e. The molecule has 0 aliphatic heterocycles. The zero-order valence-corrected chi connectivity index (χ0v) is 14.4. The van der Waals surface area contributed by atoms with Crippen molar-refractivity contribution in [2.24, 2.45) is 5.92 Å². The summed E-state index contributed by atoms with van der Waals surface area (Å²) in [5.41, 5.74) is 11.2. The Morgan fingerprint density at radius 1 is 1.17 bits per heavy atom. The Hall–Kier alpha value is -2.07. The van der Waals surface area contributed by atoms with Crippen LogP contribution in [0.1, 0.15) is 21.6 Å². The molecule has 0 fully saturated rings. The molecule has 0 amide bonds. The normalized spacial score (nSPS) is 16.7. The topological polar surface area (TPSA) is 48.0 Å². The predicted molar refractivity (Wildman–Crippen MR) is 96.8 cm³/mol. The standard InChI is InChI=1S/C19H17BrN2O/c1-11-18(21)16-4-2-3-5-17(16)22(11)19(23)14-8-12-6-7-15(20)10-13(12)9-14/h2-7,10,14H,8-9,21H2,1H3. The number of nitrogen functional groups attached to an aromatic ring is 1. The van der Waals surface area contributed by atoms with Gasteiger partial charge in [0.15, 0.2) is 0 Å². The number of carbonyl (C=O) groups excluding carboxylic acids is 1. The Morgan fingerprint density at radius 3 is 2.74 bits per heavy atom. The molecule has 0 radical (unpaired) electrons. The van der Waals surface area contributed by atoms with Gasteiger partial charge in [0.05, 0.1) is 11.2 Å². The van der Waals surface area contributed by atoms with E-state index in [2.05, 4.69) is 28.1 Å². The zero-order valence-electron chi connectivity index (χ0n) is 12.8. The number of fused-ring (bicyclic) bond motifs is 2. The number of carbonyl (C=O) groups is 1. The van der Waals surface area contributed by atoms with Gasteiger partial charge in [0, 0.05) is 21.5 Å². The van der Waals surface area contributed by atoms with Crippen LogP contribution in [-0.4, -0.2) is 10.5 Å². The average molecular weight is 369 g/mol. The molecule has 1 aliphatic carbocycles. The Kier molecular flexibility index (Phi) is 3.31. The van der Waals surface area contributed by atoms with Crippen LogP contribution in [0.4, 0.5) is 5.69 Å². The van der Waals surface area contributed by atoms with Crippen molar-refractivity contribution in [2.75, 3.05) is 5.73 Å². The number of benzene rings is 2. The van der Waals surface area contributed by atoms with Crippen LogP contribution in [0.5, 0.6) is 0 Å². The first-order chi connectivity index (χ1) is 11.1. The SMILES string of the molecule is Cc1c(N)c2ccccc2n1C(=O)C1Cc2ccc(Br)cc2C1. The second-order valence-corrected chi connectivity index (χ2v) is 7.12. The van der Waals surface area contributed by atoms with Gasteiger partial charge in [0.1, 0.15) is 0 Å². The number of rotatable bonds is 1. The Balaban J connectivity index is 1.76. The molecule has 0 saturated carbocycles. The summed E-state index contributed by atoms with van der Waals surface area (Å²) in [5, 5.41) is 0.955. The van der Waals surface area contributed by atoms with Gasteiger partial charge in [0.2, 0.25) is 5.91 Å². The second kappa shape index (κ2) is 5.24. The highest BCUT2D eigenvalue weighted by molar-refractivity contribution is 9.10. The van der Waals surface area contributed by atoms with Crippen LogP contribution in [-0.2, 0) is 12.8 Å². The second-order valence-electron chi connectivity index (χ2n) is 6.21. The van der Waals surface area contributed by atoms with E-state index in [-0.39, 0.29) is 11.8 Å². The summed E-state index contributed by atoms with van der Waals surface area (Å²) in [7, 11) is 0. The van der Waals surface area contributed by atoms with Crippen LogP contribution in [0, 0.1) is 12.8 Å². The van der Waals surface area contributed by atoms with Gasteiger partial charge in [-0.3, -0.25) is 9.36 Å². The number of hydrogen-bond donors (Lipinski definition) is 1. The summed E-state index contributed by atoms with van der Waals surface area (Å²) >= 11 is 3.51. The van der Waals surface area contributed by atoms with Crippen molar-refractivity contribution in [1.29, 1.82) is 0 Å². The van der Waals surface area contributed by atoms with Gasteiger partial charge in [0.25, 0.3) is 0 Å². The first kappa shape index (κ1) is 14.5. The molecule has 1 aromatic heterocycles. The van der Waals surface area contributed by atoms with Crippen molar-refractivity contribution in [3.05, 3.63) is 63.8 Å². The van der Waals surface area contributed by atoms with Crippen molar-refractivity contribution in [2.45, 2.75) is 19.8 Å². The van der Waals surface area contributed by atoms with E-state index in [1.165, 1.54) is 11.1 Å². The van der Waals surface area contributed by atoms with Crippen molar-refractivity contribution in [3.8, 4) is 0 Å². The molecule has 0 spiro atoms. The van der Waals surface area contributed by atoms with E-state index in [1.807, 2.05) is 37.3 Å². The lowest BCUT2D eigenvalue weighted by Crippen LogP contribution is -2.23. The van der Waals surface area contributed by atoms with Crippen molar-refractivity contribution < 1.29 is 4.79 Å². The van der Waals surface area contributed by atoms with Gasteiger partial charge in [-0.05, 0) is 49.1 Å². The average Bonchev–Trinajstić information content (AvgIpc) is 3.07. The molecule has 1 heterocycles.